The number of fused-ring (bicyclic) bond motifs is 2. The normalized spacial score (nSPS) is 15.9. The van der Waals surface area contributed by atoms with Gasteiger partial charge in [0, 0.05) is 24.4 Å². The fraction of sp³-hybridized carbons (Fsp3) is 0.120. The molecule has 0 fully saturated rings. The lowest BCUT2D eigenvalue weighted by Gasteiger charge is -2.09. The Morgan fingerprint density at radius 1 is 0.935 bits per heavy atom. The number of rotatable bonds is 4. The molecule has 1 aliphatic rings. The highest BCUT2D eigenvalue weighted by Crippen LogP contribution is 2.28. The van der Waals surface area contributed by atoms with Crippen LogP contribution >= 0.6 is 0 Å². The zero-order valence-corrected chi connectivity index (χ0v) is 16.7. The molecule has 31 heavy (non-hydrogen) atoms. The van der Waals surface area contributed by atoms with Gasteiger partial charge in [0.2, 0.25) is 0 Å². The molecule has 6 rings (SSSR count). The average molecular weight is 405 g/mol. The second-order valence-corrected chi connectivity index (χ2v) is 7.69. The predicted molar refractivity (Wildman–Crippen MR) is 119 cm³/mol. The average Bonchev–Trinajstić information content (AvgIpc) is 3.47. The minimum Gasteiger partial charge on any atom is -0.385 e. The number of benzene rings is 2. The summed E-state index contributed by atoms with van der Waals surface area (Å²) >= 11 is 0. The first kappa shape index (κ1) is 17.8. The minimum absolute atomic E-state index is 0.193. The number of hydrogen-bond acceptors (Lipinski definition) is 5. The van der Waals surface area contributed by atoms with Gasteiger partial charge in [-0.3, -0.25) is 4.98 Å². The van der Waals surface area contributed by atoms with E-state index in [-0.39, 0.29) is 6.10 Å². The number of nitrogens with zero attached hydrogens (tertiary/aromatic N) is 5. The van der Waals surface area contributed by atoms with Gasteiger partial charge in [0.1, 0.15) is 5.69 Å². The third-order valence-electron chi connectivity index (χ3n) is 5.61. The quantitative estimate of drug-likeness (QED) is 0.433. The molecule has 4 heterocycles. The molecule has 5 aromatic rings. The van der Waals surface area contributed by atoms with Gasteiger partial charge in [-0.2, -0.15) is 5.10 Å². The second-order valence-electron chi connectivity index (χ2n) is 7.69. The van der Waals surface area contributed by atoms with Gasteiger partial charge in [-0.1, -0.05) is 47.6 Å². The van der Waals surface area contributed by atoms with Crippen molar-refractivity contribution in [1.82, 2.24) is 19.6 Å². The van der Waals surface area contributed by atoms with Gasteiger partial charge in [-0.05, 0) is 41.5 Å². The number of hydrogen-bond donors (Lipinski definition) is 0. The summed E-state index contributed by atoms with van der Waals surface area (Å²) in [6.45, 7) is 0. The van der Waals surface area contributed by atoms with Crippen LogP contribution in [-0.2, 0) is 11.3 Å². The van der Waals surface area contributed by atoms with E-state index < -0.39 is 0 Å². The molecule has 0 saturated carbocycles. The molecular formula is C25H19N5O. The molecule has 0 N–H and O–H groups in total. The van der Waals surface area contributed by atoms with E-state index in [1.807, 2.05) is 65.4 Å². The van der Waals surface area contributed by atoms with Gasteiger partial charge in [0.25, 0.3) is 0 Å². The van der Waals surface area contributed by atoms with E-state index in [4.69, 9.17) is 9.94 Å². The molecule has 6 nitrogen and oxygen atoms in total. The summed E-state index contributed by atoms with van der Waals surface area (Å²) in [4.78, 5) is 14.6. The molecular weight excluding hydrogens is 386 g/mol. The Morgan fingerprint density at radius 2 is 1.87 bits per heavy atom. The van der Waals surface area contributed by atoms with Crippen LogP contribution in [0.25, 0.3) is 16.6 Å². The molecule has 0 amide bonds. The molecule has 0 radical (unpaired) electrons. The predicted octanol–water partition coefficient (Wildman–Crippen LogP) is 4.73. The van der Waals surface area contributed by atoms with Crippen molar-refractivity contribution < 1.29 is 4.84 Å². The number of aromatic nitrogens is 4. The number of imidazole rings is 1. The first-order chi connectivity index (χ1) is 15.3. The maximum atomic E-state index is 5.72. The van der Waals surface area contributed by atoms with Crippen LogP contribution in [0.15, 0.2) is 90.3 Å². The van der Waals surface area contributed by atoms with Crippen LogP contribution in [0.5, 0.6) is 0 Å². The summed E-state index contributed by atoms with van der Waals surface area (Å²) < 4.78 is 1.91. The third kappa shape index (κ3) is 3.32. The summed E-state index contributed by atoms with van der Waals surface area (Å²) in [6.07, 6.45) is 4.95. The van der Waals surface area contributed by atoms with E-state index in [9.17, 15) is 0 Å². The molecule has 150 valence electrons. The van der Waals surface area contributed by atoms with Crippen LogP contribution < -0.4 is 0 Å². The van der Waals surface area contributed by atoms with Crippen molar-refractivity contribution in [1.29, 1.82) is 0 Å². The van der Waals surface area contributed by atoms with Crippen LogP contribution in [-0.4, -0.2) is 25.3 Å². The minimum atomic E-state index is -0.193. The summed E-state index contributed by atoms with van der Waals surface area (Å²) in [5.41, 5.74) is 6.93. The van der Waals surface area contributed by atoms with Gasteiger partial charge in [-0.25, -0.2) is 9.50 Å². The van der Waals surface area contributed by atoms with Crippen molar-refractivity contribution in [2.24, 2.45) is 5.16 Å². The third-order valence-corrected chi connectivity index (χ3v) is 5.61. The second kappa shape index (κ2) is 7.32. The van der Waals surface area contributed by atoms with E-state index in [0.29, 0.717) is 6.42 Å². The molecule has 0 bridgehead atoms. The largest absolute Gasteiger partial charge is 0.385 e. The van der Waals surface area contributed by atoms with Gasteiger partial charge < -0.3 is 4.84 Å². The zero-order chi connectivity index (χ0) is 20.6. The molecule has 1 unspecified atom stereocenters. The summed E-state index contributed by atoms with van der Waals surface area (Å²) in [6, 6.07) is 24.5. The zero-order valence-electron chi connectivity index (χ0n) is 16.7. The maximum absolute atomic E-state index is 5.72. The van der Waals surface area contributed by atoms with Gasteiger partial charge >= 0.3 is 0 Å². The van der Waals surface area contributed by atoms with Crippen LogP contribution in [0.1, 0.15) is 35.0 Å². The van der Waals surface area contributed by atoms with Crippen molar-refractivity contribution >= 4 is 22.3 Å². The van der Waals surface area contributed by atoms with Crippen molar-refractivity contribution in [2.75, 3.05) is 0 Å². The first-order valence-corrected chi connectivity index (χ1v) is 10.3. The topological polar surface area (TPSA) is 64.7 Å². The fourth-order valence-corrected chi connectivity index (χ4v) is 4.01. The van der Waals surface area contributed by atoms with Crippen molar-refractivity contribution in [2.45, 2.75) is 18.9 Å². The highest BCUT2D eigenvalue weighted by Gasteiger charge is 2.25. The Bertz CT molecular complexity index is 1420. The Labute approximate surface area is 178 Å². The number of pyridine rings is 1. The Kier molecular flexibility index (Phi) is 4.20. The van der Waals surface area contributed by atoms with Crippen LogP contribution in [0.3, 0.4) is 0 Å². The molecule has 2 aromatic carbocycles. The molecule has 0 aliphatic carbocycles. The Morgan fingerprint density at radius 3 is 2.81 bits per heavy atom. The van der Waals surface area contributed by atoms with Crippen molar-refractivity contribution in [3.63, 3.8) is 0 Å². The number of oxime groups is 1. The highest BCUT2D eigenvalue weighted by molar-refractivity contribution is 6.01. The molecule has 6 heteroatoms. The van der Waals surface area contributed by atoms with Crippen molar-refractivity contribution in [3.8, 4) is 0 Å². The van der Waals surface area contributed by atoms with Crippen molar-refractivity contribution in [3.05, 3.63) is 108 Å². The van der Waals surface area contributed by atoms with Gasteiger partial charge in [0.05, 0.1) is 23.1 Å². The fourth-order valence-electron chi connectivity index (χ4n) is 4.01. The maximum Gasteiger partial charge on any atom is 0.176 e. The molecule has 1 atom stereocenters. The molecule has 1 aliphatic heterocycles. The molecule has 0 saturated heterocycles. The lowest BCUT2D eigenvalue weighted by atomic mass is 10.0. The van der Waals surface area contributed by atoms with E-state index in [0.717, 1.165) is 45.6 Å². The summed E-state index contributed by atoms with van der Waals surface area (Å²) in [5.74, 6) is 0. The lowest BCUT2D eigenvalue weighted by molar-refractivity contribution is 0.0817. The van der Waals surface area contributed by atoms with E-state index >= 15 is 0 Å². The summed E-state index contributed by atoms with van der Waals surface area (Å²) in [5, 5.41) is 10.3. The summed E-state index contributed by atoms with van der Waals surface area (Å²) in [7, 11) is 0. The van der Waals surface area contributed by atoms with E-state index in [1.54, 1.807) is 0 Å². The SMILES string of the molecule is c1ccc(C2=NOC(c3ccc4ncc(Cc5ccc6ncccc6c5)n4n3)C2)cc1. The van der Waals surface area contributed by atoms with Gasteiger partial charge in [-0.15, -0.1) is 0 Å². The monoisotopic (exact) mass is 405 g/mol. The first-order valence-electron chi connectivity index (χ1n) is 10.3. The highest BCUT2D eigenvalue weighted by atomic mass is 16.6. The lowest BCUT2D eigenvalue weighted by Crippen LogP contribution is -2.07. The smallest absolute Gasteiger partial charge is 0.176 e. The van der Waals surface area contributed by atoms with Crippen LogP contribution in [0.2, 0.25) is 0 Å². The van der Waals surface area contributed by atoms with Crippen LogP contribution in [0.4, 0.5) is 0 Å². The van der Waals surface area contributed by atoms with E-state index in [1.165, 1.54) is 5.56 Å². The molecule has 3 aromatic heterocycles. The Balaban J connectivity index is 1.28. The van der Waals surface area contributed by atoms with E-state index in [2.05, 4.69) is 39.4 Å². The van der Waals surface area contributed by atoms with Gasteiger partial charge in [0.15, 0.2) is 11.8 Å². The Hall–Kier alpha value is -4.06. The molecule has 0 spiro atoms. The standard InChI is InChI=1S/C25H19N5O/c1-2-5-18(6-3-1)23-15-24(31-29-23)22-10-11-25-27-16-20(30(25)28-22)14-17-8-9-21-19(13-17)7-4-12-26-21/h1-13,16,24H,14-15H2. The van der Waals surface area contributed by atoms with Crippen LogP contribution in [0, 0.1) is 0 Å².